The fourth-order valence-electron chi connectivity index (χ4n) is 2.38. The molecule has 0 N–H and O–H groups in total. The molecule has 0 radical (unpaired) electrons. The first-order valence-corrected chi connectivity index (χ1v) is 6.87. The zero-order valence-corrected chi connectivity index (χ0v) is 11.4. The molecule has 1 heterocycles. The molecule has 1 atom stereocenters. The number of rotatable bonds is 4. The number of alkyl halides is 1. The summed E-state index contributed by atoms with van der Waals surface area (Å²) in [6.07, 6.45) is 2.26. The van der Waals surface area contributed by atoms with Crippen LogP contribution in [0, 0.1) is 11.7 Å². The number of hydrogen-bond donors (Lipinski definition) is 0. The van der Waals surface area contributed by atoms with Gasteiger partial charge >= 0.3 is 0 Å². The molecule has 0 spiro atoms. The second-order valence-corrected chi connectivity index (χ2v) is 5.15. The van der Waals surface area contributed by atoms with E-state index in [9.17, 15) is 4.39 Å². The summed E-state index contributed by atoms with van der Waals surface area (Å²) >= 11 is 5.69. The van der Waals surface area contributed by atoms with Gasteiger partial charge in [-0.3, -0.25) is 0 Å². The highest BCUT2D eigenvalue weighted by atomic mass is 35.5. The van der Waals surface area contributed by atoms with E-state index in [4.69, 9.17) is 16.3 Å². The monoisotopic (exact) mass is 271 g/mol. The molecule has 100 valence electrons. The number of benzene rings is 1. The van der Waals surface area contributed by atoms with Crippen molar-refractivity contribution in [3.63, 3.8) is 0 Å². The number of halogens is 2. The summed E-state index contributed by atoms with van der Waals surface area (Å²) in [5.74, 6) is 0.639. The van der Waals surface area contributed by atoms with Gasteiger partial charge in [0.2, 0.25) is 0 Å². The maximum absolute atomic E-state index is 13.9. The minimum absolute atomic E-state index is 0.202. The molecule has 2 nitrogen and oxygen atoms in total. The van der Waals surface area contributed by atoms with Crippen molar-refractivity contribution in [3.8, 4) is 0 Å². The Bertz CT molecular complexity index is 393. The van der Waals surface area contributed by atoms with Crippen LogP contribution in [0.2, 0.25) is 0 Å². The molecule has 4 heteroatoms. The Kier molecular flexibility index (Phi) is 4.84. The summed E-state index contributed by atoms with van der Waals surface area (Å²) in [5.41, 5.74) is 1.45. The van der Waals surface area contributed by atoms with Gasteiger partial charge in [0.1, 0.15) is 5.82 Å². The maximum Gasteiger partial charge on any atom is 0.146 e. The van der Waals surface area contributed by atoms with Crippen LogP contribution in [0.5, 0.6) is 0 Å². The van der Waals surface area contributed by atoms with Gasteiger partial charge in [-0.1, -0.05) is 6.07 Å². The molecule has 1 fully saturated rings. The molecule has 1 aromatic rings. The van der Waals surface area contributed by atoms with Crippen LogP contribution >= 0.6 is 11.6 Å². The number of anilines is 1. The van der Waals surface area contributed by atoms with E-state index in [1.807, 2.05) is 18.0 Å². The highest BCUT2D eigenvalue weighted by Crippen LogP contribution is 2.23. The van der Waals surface area contributed by atoms with E-state index in [0.717, 1.165) is 38.2 Å². The first kappa shape index (κ1) is 13.6. The van der Waals surface area contributed by atoms with Gasteiger partial charge in [0, 0.05) is 26.1 Å². The first-order valence-electron chi connectivity index (χ1n) is 6.34. The van der Waals surface area contributed by atoms with Crippen molar-refractivity contribution in [2.75, 3.05) is 31.7 Å². The lowest BCUT2D eigenvalue weighted by molar-refractivity contribution is 0.0576. The zero-order chi connectivity index (χ0) is 13.0. The van der Waals surface area contributed by atoms with Gasteiger partial charge in [-0.05, 0) is 36.5 Å². The van der Waals surface area contributed by atoms with E-state index >= 15 is 0 Å². The second-order valence-electron chi connectivity index (χ2n) is 4.88. The van der Waals surface area contributed by atoms with Crippen molar-refractivity contribution in [1.29, 1.82) is 0 Å². The molecule has 1 aliphatic rings. The van der Waals surface area contributed by atoms with E-state index in [0.29, 0.717) is 17.5 Å². The van der Waals surface area contributed by atoms with E-state index in [2.05, 4.69) is 0 Å². The summed E-state index contributed by atoms with van der Waals surface area (Å²) in [6, 6.07) is 5.19. The third-order valence-corrected chi connectivity index (χ3v) is 3.67. The Hall–Kier alpha value is -0.800. The molecule has 0 saturated carbocycles. The van der Waals surface area contributed by atoms with Crippen molar-refractivity contribution < 1.29 is 9.13 Å². The molecule has 1 aromatic carbocycles. The Balaban J connectivity index is 2.01. The van der Waals surface area contributed by atoms with Gasteiger partial charge in [0.15, 0.2) is 0 Å². The van der Waals surface area contributed by atoms with Crippen molar-refractivity contribution in [3.05, 3.63) is 29.6 Å². The van der Waals surface area contributed by atoms with Gasteiger partial charge in [0.25, 0.3) is 0 Å². The molecule has 1 aliphatic heterocycles. The van der Waals surface area contributed by atoms with Gasteiger partial charge in [-0.15, -0.1) is 11.6 Å². The summed E-state index contributed by atoms with van der Waals surface area (Å²) in [4.78, 5) is 1.96. The molecule has 0 amide bonds. The smallest absolute Gasteiger partial charge is 0.146 e. The van der Waals surface area contributed by atoms with Crippen LogP contribution in [0.25, 0.3) is 0 Å². The predicted octanol–water partition coefficient (Wildman–Crippen LogP) is 3.43. The number of nitrogens with zero attached hydrogens (tertiary/aromatic N) is 1. The van der Waals surface area contributed by atoms with Crippen molar-refractivity contribution in [2.24, 2.45) is 5.92 Å². The van der Waals surface area contributed by atoms with Gasteiger partial charge < -0.3 is 9.64 Å². The van der Waals surface area contributed by atoms with E-state index in [1.165, 1.54) is 6.07 Å². The Labute approximate surface area is 113 Å². The average Bonchev–Trinajstić information content (AvgIpc) is 2.39. The molecular formula is C14H19ClFNO. The fourth-order valence-corrected chi connectivity index (χ4v) is 2.55. The molecule has 1 saturated heterocycles. The molecule has 18 heavy (non-hydrogen) atoms. The van der Waals surface area contributed by atoms with Crippen LogP contribution in [-0.2, 0) is 10.6 Å². The molecule has 0 aliphatic carbocycles. The summed E-state index contributed by atoms with van der Waals surface area (Å²) in [6.45, 7) is 2.47. The quantitative estimate of drug-likeness (QED) is 0.778. The molecular weight excluding hydrogens is 253 g/mol. The lowest BCUT2D eigenvalue weighted by Crippen LogP contribution is -2.31. The third-order valence-electron chi connectivity index (χ3n) is 3.36. The topological polar surface area (TPSA) is 12.5 Å². The van der Waals surface area contributed by atoms with E-state index in [-0.39, 0.29) is 5.82 Å². The third kappa shape index (κ3) is 3.36. The van der Waals surface area contributed by atoms with Gasteiger partial charge in [0.05, 0.1) is 12.3 Å². The average molecular weight is 272 g/mol. The first-order chi connectivity index (χ1) is 8.70. The Morgan fingerprint density at radius 1 is 1.50 bits per heavy atom. The second kappa shape index (κ2) is 6.39. The molecule has 1 unspecified atom stereocenters. The van der Waals surface area contributed by atoms with Crippen molar-refractivity contribution >= 4 is 17.3 Å². The van der Waals surface area contributed by atoms with E-state index < -0.39 is 0 Å². The summed E-state index contributed by atoms with van der Waals surface area (Å²) in [7, 11) is 1.92. The molecule has 2 rings (SSSR count). The number of ether oxygens (including phenoxy) is 1. The minimum atomic E-state index is -0.202. The minimum Gasteiger partial charge on any atom is -0.381 e. The van der Waals surface area contributed by atoms with Crippen molar-refractivity contribution in [1.82, 2.24) is 0 Å². The Morgan fingerprint density at radius 2 is 2.33 bits per heavy atom. The van der Waals surface area contributed by atoms with Crippen LogP contribution in [0.3, 0.4) is 0 Å². The summed E-state index contributed by atoms with van der Waals surface area (Å²) in [5, 5.41) is 0. The molecule has 0 bridgehead atoms. The largest absolute Gasteiger partial charge is 0.381 e. The van der Waals surface area contributed by atoms with Crippen LogP contribution in [-0.4, -0.2) is 26.8 Å². The normalized spacial score (nSPS) is 19.8. The van der Waals surface area contributed by atoms with Gasteiger partial charge in [-0.25, -0.2) is 4.39 Å². The zero-order valence-electron chi connectivity index (χ0n) is 10.7. The SMILES string of the molecule is CN(CC1CCCOC1)c1ccc(CCl)cc1F. The van der Waals surface area contributed by atoms with E-state index in [1.54, 1.807) is 6.07 Å². The standard InChI is InChI=1S/C14H19ClFNO/c1-17(9-12-3-2-6-18-10-12)14-5-4-11(8-15)7-13(14)16/h4-5,7,12H,2-3,6,8-10H2,1H3. The summed E-state index contributed by atoms with van der Waals surface area (Å²) < 4.78 is 19.4. The van der Waals surface area contributed by atoms with Crippen LogP contribution in [0.1, 0.15) is 18.4 Å². The lowest BCUT2D eigenvalue weighted by atomic mass is 10.0. The number of hydrogen-bond acceptors (Lipinski definition) is 2. The predicted molar refractivity (Wildman–Crippen MR) is 72.8 cm³/mol. The van der Waals surface area contributed by atoms with Crippen LogP contribution in [0.15, 0.2) is 18.2 Å². The maximum atomic E-state index is 13.9. The van der Waals surface area contributed by atoms with Gasteiger partial charge in [-0.2, -0.15) is 0 Å². The van der Waals surface area contributed by atoms with Crippen LogP contribution < -0.4 is 4.90 Å². The lowest BCUT2D eigenvalue weighted by Gasteiger charge is -2.28. The van der Waals surface area contributed by atoms with Crippen molar-refractivity contribution in [2.45, 2.75) is 18.7 Å². The molecule has 0 aromatic heterocycles. The Morgan fingerprint density at radius 3 is 2.94 bits per heavy atom. The fraction of sp³-hybridized carbons (Fsp3) is 0.571. The highest BCUT2D eigenvalue weighted by Gasteiger charge is 2.17. The van der Waals surface area contributed by atoms with Crippen LogP contribution in [0.4, 0.5) is 10.1 Å². The highest BCUT2D eigenvalue weighted by molar-refractivity contribution is 6.17.